The number of benzene rings is 2. The SMILES string of the molecule is CCc1cc(=O)oc2cc(OCc3ccccc3C)ccc12. The maximum atomic E-state index is 11.6. The average molecular weight is 294 g/mol. The summed E-state index contributed by atoms with van der Waals surface area (Å²) in [7, 11) is 0. The smallest absolute Gasteiger partial charge is 0.336 e. The predicted octanol–water partition coefficient (Wildman–Crippen LogP) is 4.24. The fourth-order valence-corrected chi connectivity index (χ4v) is 2.53. The van der Waals surface area contributed by atoms with E-state index in [2.05, 4.69) is 13.0 Å². The fourth-order valence-electron chi connectivity index (χ4n) is 2.53. The normalized spacial score (nSPS) is 10.8. The quantitative estimate of drug-likeness (QED) is 0.675. The Bertz CT molecular complexity index is 862. The molecule has 1 heterocycles. The van der Waals surface area contributed by atoms with Crippen LogP contribution >= 0.6 is 0 Å². The van der Waals surface area contributed by atoms with Gasteiger partial charge in [-0.25, -0.2) is 4.79 Å². The summed E-state index contributed by atoms with van der Waals surface area (Å²) in [5.74, 6) is 0.701. The molecule has 22 heavy (non-hydrogen) atoms. The first-order valence-corrected chi connectivity index (χ1v) is 7.41. The molecular weight excluding hydrogens is 276 g/mol. The summed E-state index contributed by atoms with van der Waals surface area (Å²) < 4.78 is 11.1. The van der Waals surface area contributed by atoms with Crippen LogP contribution < -0.4 is 10.4 Å². The second-order valence-electron chi connectivity index (χ2n) is 5.32. The minimum absolute atomic E-state index is 0.319. The molecule has 0 spiro atoms. The van der Waals surface area contributed by atoms with Crippen molar-refractivity contribution in [2.45, 2.75) is 26.9 Å². The molecule has 3 nitrogen and oxygen atoms in total. The molecular formula is C19H18O3. The first-order chi connectivity index (χ1) is 10.7. The minimum atomic E-state index is -0.319. The maximum absolute atomic E-state index is 11.6. The van der Waals surface area contributed by atoms with Crippen molar-refractivity contribution in [1.82, 2.24) is 0 Å². The standard InChI is InChI=1S/C19H18O3/c1-3-14-10-19(20)22-18-11-16(8-9-17(14)18)21-12-15-7-5-4-6-13(15)2/h4-11H,3,12H2,1-2H3. The minimum Gasteiger partial charge on any atom is -0.489 e. The molecule has 0 saturated carbocycles. The third kappa shape index (κ3) is 2.89. The van der Waals surface area contributed by atoms with Gasteiger partial charge < -0.3 is 9.15 Å². The highest BCUT2D eigenvalue weighted by Crippen LogP contribution is 2.24. The van der Waals surface area contributed by atoms with Gasteiger partial charge in [-0.05, 0) is 42.2 Å². The molecule has 3 aromatic rings. The van der Waals surface area contributed by atoms with Crippen molar-refractivity contribution in [1.29, 1.82) is 0 Å². The van der Waals surface area contributed by atoms with Gasteiger partial charge in [-0.1, -0.05) is 31.2 Å². The van der Waals surface area contributed by atoms with Gasteiger partial charge in [0, 0.05) is 17.5 Å². The van der Waals surface area contributed by atoms with Gasteiger partial charge in [0.05, 0.1) is 0 Å². The van der Waals surface area contributed by atoms with Crippen LogP contribution in [0.25, 0.3) is 11.0 Å². The Morgan fingerprint density at radius 1 is 1.05 bits per heavy atom. The molecule has 0 amide bonds. The van der Waals surface area contributed by atoms with E-state index in [4.69, 9.17) is 9.15 Å². The van der Waals surface area contributed by atoms with Gasteiger partial charge in [-0.2, -0.15) is 0 Å². The highest BCUT2D eigenvalue weighted by Gasteiger charge is 2.06. The number of rotatable bonds is 4. The van der Waals surface area contributed by atoms with E-state index in [0.717, 1.165) is 22.9 Å². The molecule has 0 bridgehead atoms. The fraction of sp³-hybridized carbons (Fsp3) is 0.211. The summed E-state index contributed by atoms with van der Waals surface area (Å²) >= 11 is 0. The number of aryl methyl sites for hydroxylation is 2. The molecule has 0 N–H and O–H groups in total. The van der Waals surface area contributed by atoms with Crippen molar-refractivity contribution in [2.24, 2.45) is 0 Å². The van der Waals surface area contributed by atoms with Crippen molar-refractivity contribution in [2.75, 3.05) is 0 Å². The molecule has 2 aromatic carbocycles. The van der Waals surface area contributed by atoms with Crippen LogP contribution in [0, 0.1) is 6.92 Å². The molecule has 0 saturated heterocycles. The zero-order valence-corrected chi connectivity index (χ0v) is 12.8. The Morgan fingerprint density at radius 3 is 2.64 bits per heavy atom. The Hall–Kier alpha value is -2.55. The van der Waals surface area contributed by atoms with E-state index in [1.807, 2.05) is 37.3 Å². The molecule has 112 valence electrons. The van der Waals surface area contributed by atoms with Crippen molar-refractivity contribution in [3.63, 3.8) is 0 Å². The van der Waals surface area contributed by atoms with Crippen molar-refractivity contribution in [3.8, 4) is 5.75 Å². The molecule has 1 aromatic heterocycles. The lowest BCUT2D eigenvalue weighted by molar-refractivity contribution is 0.305. The van der Waals surface area contributed by atoms with E-state index < -0.39 is 0 Å². The summed E-state index contributed by atoms with van der Waals surface area (Å²) in [6.45, 7) is 4.58. The summed E-state index contributed by atoms with van der Waals surface area (Å²) in [5.41, 5.74) is 3.60. The van der Waals surface area contributed by atoms with Crippen LogP contribution in [-0.2, 0) is 13.0 Å². The molecule has 0 radical (unpaired) electrons. The molecule has 0 aliphatic heterocycles. The van der Waals surface area contributed by atoms with Crippen LogP contribution in [-0.4, -0.2) is 0 Å². The van der Waals surface area contributed by atoms with Gasteiger partial charge in [-0.3, -0.25) is 0 Å². The van der Waals surface area contributed by atoms with E-state index in [0.29, 0.717) is 17.9 Å². The second-order valence-corrected chi connectivity index (χ2v) is 5.32. The Morgan fingerprint density at radius 2 is 1.86 bits per heavy atom. The highest BCUT2D eigenvalue weighted by molar-refractivity contribution is 5.81. The third-order valence-corrected chi connectivity index (χ3v) is 3.84. The lowest BCUT2D eigenvalue weighted by atomic mass is 10.1. The Kier molecular flexibility index (Phi) is 3.96. The number of ether oxygens (including phenoxy) is 1. The second kappa shape index (κ2) is 6.06. The topological polar surface area (TPSA) is 39.4 Å². The molecule has 0 fully saturated rings. The zero-order valence-electron chi connectivity index (χ0n) is 12.8. The van der Waals surface area contributed by atoms with Crippen LogP contribution in [0.5, 0.6) is 5.75 Å². The monoisotopic (exact) mass is 294 g/mol. The summed E-state index contributed by atoms with van der Waals surface area (Å²) in [6.07, 6.45) is 0.797. The summed E-state index contributed by atoms with van der Waals surface area (Å²) in [6, 6.07) is 15.3. The van der Waals surface area contributed by atoms with Gasteiger partial charge >= 0.3 is 5.63 Å². The lowest BCUT2D eigenvalue weighted by Crippen LogP contribution is -2.01. The van der Waals surface area contributed by atoms with Gasteiger partial charge in [-0.15, -0.1) is 0 Å². The van der Waals surface area contributed by atoms with Crippen LogP contribution in [0.2, 0.25) is 0 Å². The molecule has 0 aliphatic carbocycles. The number of hydrogen-bond acceptors (Lipinski definition) is 3. The van der Waals surface area contributed by atoms with Gasteiger partial charge in [0.25, 0.3) is 0 Å². The molecule has 0 aliphatic rings. The Labute approximate surface area is 129 Å². The van der Waals surface area contributed by atoms with Crippen LogP contribution in [0.4, 0.5) is 0 Å². The van der Waals surface area contributed by atoms with Gasteiger partial charge in [0.15, 0.2) is 0 Å². The summed E-state index contributed by atoms with van der Waals surface area (Å²) in [5, 5.41) is 0.963. The maximum Gasteiger partial charge on any atom is 0.336 e. The zero-order chi connectivity index (χ0) is 15.5. The van der Waals surface area contributed by atoms with E-state index in [1.165, 1.54) is 5.56 Å². The van der Waals surface area contributed by atoms with Crippen molar-refractivity contribution >= 4 is 11.0 Å². The largest absolute Gasteiger partial charge is 0.489 e. The van der Waals surface area contributed by atoms with E-state index >= 15 is 0 Å². The van der Waals surface area contributed by atoms with Crippen molar-refractivity contribution in [3.05, 3.63) is 75.6 Å². The van der Waals surface area contributed by atoms with Crippen LogP contribution in [0.3, 0.4) is 0 Å². The number of fused-ring (bicyclic) bond motifs is 1. The van der Waals surface area contributed by atoms with Crippen molar-refractivity contribution < 1.29 is 9.15 Å². The Balaban J connectivity index is 1.89. The highest BCUT2D eigenvalue weighted by atomic mass is 16.5. The molecule has 3 heteroatoms. The van der Waals surface area contributed by atoms with Crippen LogP contribution in [0.1, 0.15) is 23.6 Å². The third-order valence-electron chi connectivity index (χ3n) is 3.84. The average Bonchev–Trinajstić information content (AvgIpc) is 2.53. The first kappa shape index (κ1) is 14.4. The van der Waals surface area contributed by atoms with E-state index in [-0.39, 0.29) is 5.63 Å². The van der Waals surface area contributed by atoms with Crippen LogP contribution in [0.15, 0.2) is 57.7 Å². The molecule has 0 unspecified atom stereocenters. The van der Waals surface area contributed by atoms with E-state index in [1.54, 1.807) is 12.1 Å². The summed E-state index contributed by atoms with van der Waals surface area (Å²) in [4.78, 5) is 11.6. The predicted molar refractivity (Wildman–Crippen MR) is 87.4 cm³/mol. The number of hydrogen-bond donors (Lipinski definition) is 0. The molecule has 0 atom stereocenters. The van der Waals surface area contributed by atoms with Gasteiger partial charge in [0.2, 0.25) is 0 Å². The molecule has 3 rings (SSSR count). The lowest BCUT2D eigenvalue weighted by Gasteiger charge is -2.10. The van der Waals surface area contributed by atoms with E-state index in [9.17, 15) is 4.79 Å². The van der Waals surface area contributed by atoms with Gasteiger partial charge in [0.1, 0.15) is 17.9 Å². The first-order valence-electron chi connectivity index (χ1n) is 7.41.